The van der Waals surface area contributed by atoms with E-state index in [0.29, 0.717) is 5.69 Å². The van der Waals surface area contributed by atoms with Crippen LogP contribution in [-0.2, 0) is 0 Å². The molecule has 1 aromatic carbocycles. The molecule has 1 aromatic rings. The minimum absolute atomic E-state index is 0. The summed E-state index contributed by atoms with van der Waals surface area (Å²) < 4.78 is 14.2. The maximum Gasteiger partial charge on any atom is 0.191 e. The fourth-order valence-corrected chi connectivity index (χ4v) is 3.64. The number of thioether (sulfide) groups is 1. The van der Waals surface area contributed by atoms with Gasteiger partial charge in [0.05, 0.1) is 5.69 Å². The van der Waals surface area contributed by atoms with E-state index in [1.165, 1.54) is 12.2 Å². The van der Waals surface area contributed by atoms with E-state index in [-0.39, 0.29) is 35.8 Å². The number of guanidine groups is 1. The van der Waals surface area contributed by atoms with Crippen molar-refractivity contribution in [2.45, 2.75) is 38.6 Å². The number of hydrogen-bond donors (Lipinski definition) is 2. The van der Waals surface area contributed by atoms with Gasteiger partial charge in [-0.05, 0) is 62.3 Å². The van der Waals surface area contributed by atoms with Crippen LogP contribution < -0.4 is 15.5 Å². The monoisotopic (exact) mass is 494 g/mol. The molecule has 0 aromatic heterocycles. The first kappa shape index (κ1) is 23.3. The Balaban J connectivity index is 0.00000338. The number of benzene rings is 1. The lowest BCUT2D eigenvalue weighted by molar-refractivity contribution is 0.462. The van der Waals surface area contributed by atoms with Crippen LogP contribution in [0.1, 0.15) is 31.2 Å². The van der Waals surface area contributed by atoms with E-state index in [2.05, 4.69) is 26.8 Å². The molecule has 2 N–H and O–H groups in total. The van der Waals surface area contributed by atoms with Crippen LogP contribution in [0.2, 0.25) is 0 Å². The fourth-order valence-electron chi connectivity index (χ4n) is 3.14. The summed E-state index contributed by atoms with van der Waals surface area (Å²) in [5, 5.41) is 6.89. The van der Waals surface area contributed by atoms with Gasteiger partial charge in [-0.15, -0.1) is 24.0 Å². The van der Waals surface area contributed by atoms with Crippen LogP contribution in [0.15, 0.2) is 23.2 Å². The average molecular weight is 494 g/mol. The van der Waals surface area contributed by atoms with E-state index in [1.54, 1.807) is 13.1 Å². The van der Waals surface area contributed by atoms with Gasteiger partial charge in [0.15, 0.2) is 5.96 Å². The van der Waals surface area contributed by atoms with Crippen molar-refractivity contribution in [1.82, 2.24) is 10.6 Å². The van der Waals surface area contributed by atoms with Gasteiger partial charge in [0.1, 0.15) is 5.82 Å². The minimum Gasteiger partial charge on any atom is -0.367 e. The summed E-state index contributed by atoms with van der Waals surface area (Å²) in [4.78, 5) is 6.47. The number of aryl methyl sites for hydroxylation is 1. The number of nitrogens with zero attached hydrogens (tertiary/aromatic N) is 2. The third-order valence-corrected chi connectivity index (χ3v) is 5.19. The molecule has 0 radical (unpaired) electrons. The van der Waals surface area contributed by atoms with Crippen molar-refractivity contribution in [2.24, 2.45) is 4.99 Å². The van der Waals surface area contributed by atoms with Gasteiger partial charge < -0.3 is 15.5 Å². The molecule has 26 heavy (non-hydrogen) atoms. The number of aliphatic imine (C=N–C) groups is 1. The molecular weight excluding hydrogens is 462 g/mol. The highest BCUT2D eigenvalue weighted by Crippen LogP contribution is 2.24. The highest BCUT2D eigenvalue weighted by Gasteiger charge is 2.22. The number of anilines is 1. The summed E-state index contributed by atoms with van der Waals surface area (Å²) >= 11 is 1.89. The Morgan fingerprint density at radius 3 is 2.92 bits per heavy atom. The standard InChI is InChI=1S/C19H31FN4S.HI/c1-15-8-9-17(20)18(13-15)24-11-6-7-16(14-24)23-19(21-2)22-10-4-5-12-25-3;/h8-9,13,16H,4-7,10-12,14H2,1-3H3,(H2,21,22,23);1H. The second-order valence-electron chi connectivity index (χ2n) is 6.58. The Morgan fingerprint density at radius 1 is 1.38 bits per heavy atom. The van der Waals surface area contributed by atoms with Gasteiger partial charge >= 0.3 is 0 Å². The third-order valence-electron chi connectivity index (χ3n) is 4.50. The predicted octanol–water partition coefficient (Wildman–Crippen LogP) is 4.03. The van der Waals surface area contributed by atoms with Crippen LogP contribution >= 0.6 is 35.7 Å². The molecule has 4 nitrogen and oxygen atoms in total. The van der Waals surface area contributed by atoms with Gasteiger partial charge in [-0.3, -0.25) is 4.99 Å². The second kappa shape index (κ2) is 12.6. The summed E-state index contributed by atoms with van der Waals surface area (Å²) in [6, 6.07) is 5.61. The minimum atomic E-state index is -0.137. The molecule has 1 aliphatic heterocycles. The summed E-state index contributed by atoms with van der Waals surface area (Å²) in [6.45, 7) is 4.64. The lowest BCUT2D eigenvalue weighted by Crippen LogP contribution is -2.51. The molecule has 0 saturated carbocycles. The Kier molecular flexibility index (Phi) is 11.4. The third kappa shape index (κ3) is 7.50. The molecule has 0 amide bonds. The van der Waals surface area contributed by atoms with Crippen LogP contribution in [0.4, 0.5) is 10.1 Å². The molecule has 0 aliphatic carbocycles. The lowest BCUT2D eigenvalue weighted by atomic mass is 10.0. The molecule has 1 fully saturated rings. The van der Waals surface area contributed by atoms with Gasteiger partial charge in [-0.2, -0.15) is 11.8 Å². The summed E-state index contributed by atoms with van der Waals surface area (Å²) in [5.74, 6) is 1.91. The molecule has 148 valence electrons. The molecule has 7 heteroatoms. The van der Waals surface area contributed by atoms with E-state index in [0.717, 1.165) is 50.4 Å². The molecule has 1 heterocycles. The fraction of sp³-hybridized carbons (Fsp3) is 0.632. The molecule has 0 spiro atoms. The van der Waals surface area contributed by atoms with Gasteiger partial charge in [0.2, 0.25) is 0 Å². The largest absolute Gasteiger partial charge is 0.367 e. The maximum atomic E-state index is 14.2. The van der Waals surface area contributed by atoms with Crippen LogP contribution in [0.5, 0.6) is 0 Å². The van der Waals surface area contributed by atoms with E-state index in [1.807, 2.05) is 30.8 Å². The van der Waals surface area contributed by atoms with E-state index >= 15 is 0 Å². The first-order chi connectivity index (χ1) is 12.1. The Hall–Kier alpha value is -0.700. The Labute approximate surface area is 178 Å². The number of piperidine rings is 1. The average Bonchev–Trinajstić information content (AvgIpc) is 2.62. The quantitative estimate of drug-likeness (QED) is 0.260. The smallest absolute Gasteiger partial charge is 0.191 e. The van der Waals surface area contributed by atoms with Crippen molar-refractivity contribution in [1.29, 1.82) is 0 Å². The van der Waals surface area contributed by atoms with Gasteiger partial charge in [0.25, 0.3) is 0 Å². The molecule has 1 saturated heterocycles. The Bertz CT molecular complexity index is 570. The molecule has 1 unspecified atom stereocenters. The molecule has 1 atom stereocenters. The second-order valence-corrected chi connectivity index (χ2v) is 7.57. The van der Waals surface area contributed by atoms with Crippen molar-refractivity contribution in [3.05, 3.63) is 29.6 Å². The number of hydrogen-bond acceptors (Lipinski definition) is 3. The predicted molar refractivity (Wildman–Crippen MR) is 124 cm³/mol. The highest BCUT2D eigenvalue weighted by atomic mass is 127. The molecule has 1 aliphatic rings. The van der Waals surface area contributed by atoms with Crippen molar-refractivity contribution in [2.75, 3.05) is 43.6 Å². The Morgan fingerprint density at radius 2 is 2.19 bits per heavy atom. The first-order valence-electron chi connectivity index (χ1n) is 9.11. The van der Waals surface area contributed by atoms with Crippen LogP contribution in [0.3, 0.4) is 0 Å². The van der Waals surface area contributed by atoms with Crippen molar-refractivity contribution < 1.29 is 4.39 Å². The molecule has 2 rings (SSSR count). The maximum absolute atomic E-state index is 14.2. The number of nitrogens with one attached hydrogen (secondary N) is 2. The SMILES string of the molecule is CN=C(NCCCCSC)NC1CCCN(c2cc(C)ccc2F)C1.I. The van der Waals surface area contributed by atoms with Crippen molar-refractivity contribution in [3.8, 4) is 0 Å². The molecular formula is C19H32FIN4S. The zero-order valence-electron chi connectivity index (χ0n) is 16.1. The summed E-state index contributed by atoms with van der Waals surface area (Å²) in [5.41, 5.74) is 1.81. The number of unbranched alkanes of at least 4 members (excludes halogenated alkanes) is 1. The van der Waals surface area contributed by atoms with Crippen LogP contribution in [0.25, 0.3) is 0 Å². The van der Waals surface area contributed by atoms with Crippen LogP contribution in [0, 0.1) is 12.7 Å². The van der Waals surface area contributed by atoms with Crippen molar-refractivity contribution in [3.63, 3.8) is 0 Å². The highest BCUT2D eigenvalue weighted by molar-refractivity contribution is 14.0. The summed E-state index contributed by atoms with van der Waals surface area (Å²) in [6.07, 6.45) is 6.63. The molecule has 0 bridgehead atoms. The summed E-state index contributed by atoms with van der Waals surface area (Å²) in [7, 11) is 1.80. The van der Waals surface area contributed by atoms with E-state index < -0.39 is 0 Å². The lowest BCUT2D eigenvalue weighted by Gasteiger charge is -2.35. The topological polar surface area (TPSA) is 39.7 Å². The first-order valence-corrected chi connectivity index (χ1v) is 10.5. The van der Waals surface area contributed by atoms with E-state index in [4.69, 9.17) is 0 Å². The van der Waals surface area contributed by atoms with Gasteiger partial charge in [-0.1, -0.05) is 6.07 Å². The van der Waals surface area contributed by atoms with Crippen LogP contribution in [-0.4, -0.2) is 50.7 Å². The number of halogens is 2. The normalized spacial score (nSPS) is 17.6. The van der Waals surface area contributed by atoms with Gasteiger partial charge in [-0.25, -0.2) is 4.39 Å². The number of rotatable bonds is 7. The zero-order chi connectivity index (χ0) is 18.1. The van der Waals surface area contributed by atoms with E-state index in [9.17, 15) is 4.39 Å². The van der Waals surface area contributed by atoms with Gasteiger partial charge in [0, 0.05) is 32.7 Å². The van der Waals surface area contributed by atoms with Crippen molar-refractivity contribution >= 4 is 47.4 Å². The zero-order valence-corrected chi connectivity index (χ0v) is 19.2.